The van der Waals surface area contributed by atoms with Crippen LogP contribution < -0.4 is 5.32 Å². The van der Waals surface area contributed by atoms with Crippen molar-refractivity contribution in [2.45, 2.75) is 32.6 Å². The molecule has 0 unspecified atom stereocenters. The number of amides is 2. The molecule has 0 radical (unpaired) electrons. The first-order chi connectivity index (χ1) is 9.75. The Morgan fingerprint density at radius 3 is 2.24 bits per heavy atom. The molecule has 116 valence electrons. The van der Waals surface area contributed by atoms with E-state index in [0.29, 0.717) is 5.56 Å². The van der Waals surface area contributed by atoms with E-state index < -0.39 is 0 Å². The van der Waals surface area contributed by atoms with Crippen LogP contribution in [-0.4, -0.2) is 37.6 Å². The van der Waals surface area contributed by atoms with E-state index >= 15 is 0 Å². The van der Waals surface area contributed by atoms with Crippen molar-refractivity contribution >= 4 is 11.8 Å². The van der Waals surface area contributed by atoms with E-state index in [0.717, 1.165) is 5.06 Å². The van der Waals surface area contributed by atoms with Crippen molar-refractivity contribution in [1.29, 1.82) is 0 Å². The number of carbonyl (C=O) groups is 2. The predicted molar refractivity (Wildman–Crippen MR) is 81.9 cm³/mol. The van der Waals surface area contributed by atoms with Gasteiger partial charge < -0.3 is 5.32 Å². The van der Waals surface area contributed by atoms with Crippen LogP contribution in [-0.2, 0) is 15.0 Å². The molecule has 0 heterocycles. The van der Waals surface area contributed by atoms with E-state index in [2.05, 4.69) is 26.1 Å². The fraction of sp³-hybridized carbons (Fsp3) is 0.500. The van der Waals surface area contributed by atoms with Gasteiger partial charge in [-0.2, -0.15) is 0 Å². The number of nitrogens with zero attached hydrogens (tertiary/aromatic N) is 1. The lowest BCUT2D eigenvalue weighted by molar-refractivity contribution is -0.168. The molecule has 0 saturated heterocycles. The fourth-order valence-corrected chi connectivity index (χ4v) is 1.77. The minimum absolute atomic E-state index is 0.0617. The lowest BCUT2D eigenvalue weighted by atomic mass is 9.87. The molecule has 21 heavy (non-hydrogen) atoms. The second-order valence-corrected chi connectivity index (χ2v) is 5.91. The highest BCUT2D eigenvalue weighted by Gasteiger charge is 2.14. The summed E-state index contributed by atoms with van der Waals surface area (Å²) in [6.45, 7) is 6.66. The average molecular weight is 292 g/mol. The molecule has 0 aliphatic rings. The molecule has 5 nitrogen and oxygen atoms in total. The van der Waals surface area contributed by atoms with Crippen LogP contribution in [0.3, 0.4) is 0 Å². The number of benzene rings is 1. The third-order valence-corrected chi connectivity index (χ3v) is 3.26. The van der Waals surface area contributed by atoms with Crippen molar-refractivity contribution in [3.05, 3.63) is 35.4 Å². The Bertz CT molecular complexity index is 489. The molecule has 2 amide bonds. The predicted octanol–water partition coefficient (Wildman–Crippen LogP) is 2.12. The standard InChI is InChI=1S/C16H24N2O3/c1-16(2,3)13-8-6-12(7-9-13)15(20)17-11-10-14(19)18(4)21-5/h6-9H,10-11H2,1-5H3,(H,17,20). The zero-order valence-corrected chi connectivity index (χ0v) is 13.4. The van der Waals surface area contributed by atoms with Crippen molar-refractivity contribution in [2.24, 2.45) is 0 Å². The van der Waals surface area contributed by atoms with Gasteiger partial charge in [0.05, 0.1) is 7.11 Å². The van der Waals surface area contributed by atoms with Gasteiger partial charge in [0, 0.05) is 25.6 Å². The summed E-state index contributed by atoms with van der Waals surface area (Å²) in [6, 6.07) is 7.52. The maximum absolute atomic E-state index is 12.0. The van der Waals surface area contributed by atoms with E-state index in [-0.39, 0.29) is 30.2 Å². The third-order valence-electron chi connectivity index (χ3n) is 3.26. The first-order valence-corrected chi connectivity index (χ1v) is 6.95. The van der Waals surface area contributed by atoms with Crippen LogP contribution in [0.2, 0.25) is 0 Å². The SMILES string of the molecule is CON(C)C(=O)CCNC(=O)c1ccc(C(C)(C)C)cc1. The minimum Gasteiger partial charge on any atom is -0.352 e. The molecule has 1 N–H and O–H groups in total. The van der Waals surface area contributed by atoms with Crippen LogP contribution in [0.5, 0.6) is 0 Å². The van der Waals surface area contributed by atoms with Crippen LogP contribution in [0, 0.1) is 0 Å². The van der Waals surface area contributed by atoms with Crippen LogP contribution >= 0.6 is 0 Å². The zero-order chi connectivity index (χ0) is 16.0. The maximum Gasteiger partial charge on any atom is 0.251 e. The van der Waals surface area contributed by atoms with Crippen LogP contribution in [0.15, 0.2) is 24.3 Å². The molecule has 0 aliphatic heterocycles. The van der Waals surface area contributed by atoms with Crippen molar-refractivity contribution in [3.8, 4) is 0 Å². The molecule has 1 aromatic carbocycles. The van der Waals surface area contributed by atoms with Crippen LogP contribution in [0.4, 0.5) is 0 Å². The summed E-state index contributed by atoms with van der Waals surface area (Å²) in [4.78, 5) is 28.2. The van der Waals surface area contributed by atoms with Gasteiger partial charge in [-0.25, -0.2) is 5.06 Å². The molecule has 0 aromatic heterocycles. The maximum atomic E-state index is 12.0. The summed E-state index contributed by atoms with van der Waals surface area (Å²) in [5.41, 5.74) is 1.83. The number of hydrogen-bond acceptors (Lipinski definition) is 3. The Morgan fingerprint density at radius 2 is 1.76 bits per heavy atom. The first-order valence-electron chi connectivity index (χ1n) is 6.95. The Hall–Kier alpha value is -1.88. The number of hydroxylamine groups is 2. The van der Waals surface area contributed by atoms with Gasteiger partial charge in [-0.15, -0.1) is 0 Å². The topological polar surface area (TPSA) is 58.6 Å². The lowest BCUT2D eigenvalue weighted by Crippen LogP contribution is -2.31. The number of hydrogen-bond donors (Lipinski definition) is 1. The average Bonchev–Trinajstić information content (AvgIpc) is 2.45. The van der Waals surface area contributed by atoms with E-state index in [1.165, 1.54) is 19.7 Å². The first kappa shape index (κ1) is 17.2. The Balaban J connectivity index is 2.51. The highest BCUT2D eigenvalue weighted by molar-refractivity contribution is 5.94. The number of rotatable bonds is 5. The van der Waals surface area contributed by atoms with Gasteiger partial charge in [-0.3, -0.25) is 14.4 Å². The summed E-state index contributed by atoms with van der Waals surface area (Å²) >= 11 is 0. The van der Waals surface area contributed by atoms with Gasteiger partial charge in [0.1, 0.15) is 0 Å². The highest BCUT2D eigenvalue weighted by Crippen LogP contribution is 2.22. The van der Waals surface area contributed by atoms with Gasteiger partial charge in [0.15, 0.2) is 0 Å². The monoisotopic (exact) mass is 292 g/mol. The third kappa shape index (κ3) is 5.19. The molecule has 5 heteroatoms. The van der Waals surface area contributed by atoms with Crippen molar-refractivity contribution in [2.75, 3.05) is 20.7 Å². The van der Waals surface area contributed by atoms with E-state index in [1.54, 1.807) is 12.1 Å². The van der Waals surface area contributed by atoms with Crippen LogP contribution in [0.1, 0.15) is 43.1 Å². The van der Waals surface area contributed by atoms with E-state index in [1.807, 2.05) is 12.1 Å². The quantitative estimate of drug-likeness (QED) is 0.846. The summed E-state index contributed by atoms with van der Waals surface area (Å²) < 4.78 is 0. The summed E-state index contributed by atoms with van der Waals surface area (Å²) in [6.07, 6.45) is 0.205. The molecule has 0 bridgehead atoms. The largest absolute Gasteiger partial charge is 0.352 e. The van der Waals surface area contributed by atoms with Gasteiger partial charge in [0.2, 0.25) is 5.91 Å². The highest BCUT2D eigenvalue weighted by atomic mass is 16.7. The van der Waals surface area contributed by atoms with Crippen molar-refractivity contribution < 1.29 is 14.4 Å². The second kappa shape index (κ2) is 7.22. The molecule has 0 atom stereocenters. The summed E-state index contributed by atoms with van der Waals surface area (Å²) in [5.74, 6) is -0.357. The van der Waals surface area contributed by atoms with Crippen molar-refractivity contribution in [1.82, 2.24) is 10.4 Å². The summed E-state index contributed by atoms with van der Waals surface area (Å²) in [5, 5.41) is 3.87. The lowest BCUT2D eigenvalue weighted by Gasteiger charge is -2.19. The molecule has 0 saturated carbocycles. The molecule has 0 spiro atoms. The smallest absolute Gasteiger partial charge is 0.251 e. The molecular weight excluding hydrogens is 268 g/mol. The van der Waals surface area contributed by atoms with Gasteiger partial charge in [-0.1, -0.05) is 32.9 Å². The second-order valence-electron chi connectivity index (χ2n) is 5.91. The Morgan fingerprint density at radius 1 is 1.19 bits per heavy atom. The minimum atomic E-state index is -0.180. The Kier molecular flexibility index (Phi) is 5.90. The molecule has 0 fully saturated rings. The van der Waals surface area contributed by atoms with Gasteiger partial charge >= 0.3 is 0 Å². The normalized spacial score (nSPS) is 11.1. The molecule has 1 rings (SSSR count). The van der Waals surface area contributed by atoms with E-state index in [9.17, 15) is 9.59 Å². The summed E-state index contributed by atoms with van der Waals surface area (Å²) in [7, 11) is 2.96. The van der Waals surface area contributed by atoms with E-state index in [4.69, 9.17) is 4.84 Å². The number of nitrogens with one attached hydrogen (secondary N) is 1. The van der Waals surface area contributed by atoms with Gasteiger partial charge in [-0.05, 0) is 23.1 Å². The molecule has 1 aromatic rings. The molecule has 0 aliphatic carbocycles. The van der Waals surface area contributed by atoms with Crippen molar-refractivity contribution in [3.63, 3.8) is 0 Å². The zero-order valence-electron chi connectivity index (χ0n) is 13.4. The van der Waals surface area contributed by atoms with Gasteiger partial charge in [0.25, 0.3) is 5.91 Å². The fourth-order valence-electron chi connectivity index (χ4n) is 1.77. The Labute approximate surface area is 126 Å². The molecular formula is C16H24N2O3. The van der Waals surface area contributed by atoms with Crippen LogP contribution in [0.25, 0.3) is 0 Å². The number of carbonyl (C=O) groups excluding carboxylic acids is 2.